The van der Waals surface area contributed by atoms with E-state index in [-0.39, 0.29) is 0 Å². The lowest BCUT2D eigenvalue weighted by molar-refractivity contribution is 0.100. The molecule has 1 heterocycles. The smallest absolute Gasteiger partial charge is 0.250 e. The van der Waals surface area contributed by atoms with E-state index in [9.17, 15) is 4.79 Å². The first-order valence-corrected chi connectivity index (χ1v) is 6.50. The minimum atomic E-state index is -0.460. The van der Waals surface area contributed by atoms with Gasteiger partial charge < -0.3 is 16.8 Å². The van der Waals surface area contributed by atoms with E-state index in [1.54, 1.807) is 18.2 Å². The highest BCUT2D eigenvalue weighted by molar-refractivity contribution is 5.99. The fraction of sp³-hybridized carbons (Fsp3) is 0.286. The van der Waals surface area contributed by atoms with E-state index in [4.69, 9.17) is 11.5 Å². The second-order valence-electron chi connectivity index (χ2n) is 4.72. The molecule has 6 heteroatoms. The third-order valence-corrected chi connectivity index (χ3v) is 3.18. The molecule has 1 aromatic heterocycles. The number of aromatic amines is 1. The van der Waals surface area contributed by atoms with Crippen LogP contribution in [0.25, 0.3) is 0 Å². The molecule has 1 amide bonds. The Bertz CT molecular complexity index is 605. The second-order valence-corrected chi connectivity index (χ2v) is 4.72. The highest BCUT2D eigenvalue weighted by atomic mass is 16.1. The van der Waals surface area contributed by atoms with Gasteiger partial charge in [0, 0.05) is 23.6 Å². The number of nitrogens with two attached hydrogens (primary N) is 2. The van der Waals surface area contributed by atoms with Crippen molar-refractivity contribution < 1.29 is 4.79 Å². The van der Waals surface area contributed by atoms with E-state index < -0.39 is 5.91 Å². The van der Waals surface area contributed by atoms with Crippen molar-refractivity contribution in [1.29, 1.82) is 0 Å². The van der Waals surface area contributed by atoms with Gasteiger partial charge in [0.05, 0.1) is 11.8 Å². The molecular weight excluding hydrogens is 254 g/mol. The lowest BCUT2D eigenvalue weighted by atomic mass is 10.1. The van der Waals surface area contributed by atoms with Crippen LogP contribution >= 0.6 is 0 Å². The maximum atomic E-state index is 11.3. The third-order valence-electron chi connectivity index (χ3n) is 3.18. The second kappa shape index (κ2) is 6.10. The first-order chi connectivity index (χ1) is 9.58. The summed E-state index contributed by atoms with van der Waals surface area (Å²) >= 11 is 0. The van der Waals surface area contributed by atoms with Gasteiger partial charge in [-0.2, -0.15) is 5.10 Å². The van der Waals surface area contributed by atoms with E-state index in [2.05, 4.69) is 15.5 Å². The normalized spacial score (nSPS) is 10.4. The fourth-order valence-corrected chi connectivity index (χ4v) is 2.05. The van der Waals surface area contributed by atoms with Gasteiger partial charge in [0.2, 0.25) is 0 Å². The number of carbonyl (C=O) groups excluding carboxylic acids is 1. The Morgan fingerprint density at radius 1 is 1.45 bits per heavy atom. The Morgan fingerprint density at radius 3 is 2.90 bits per heavy atom. The lowest BCUT2D eigenvalue weighted by Gasteiger charge is -2.10. The molecule has 0 radical (unpaired) electrons. The molecular formula is C14H19N5O. The molecule has 6 N–H and O–H groups in total. The summed E-state index contributed by atoms with van der Waals surface area (Å²) in [6, 6.07) is 5.03. The molecule has 2 aromatic rings. The van der Waals surface area contributed by atoms with Crippen LogP contribution in [0.1, 0.15) is 28.0 Å². The van der Waals surface area contributed by atoms with Crippen molar-refractivity contribution in [3.05, 3.63) is 41.2 Å². The minimum Gasteiger partial charge on any atom is -0.399 e. The number of nitrogens with one attached hydrogen (secondary N) is 2. The van der Waals surface area contributed by atoms with Crippen molar-refractivity contribution in [2.45, 2.75) is 19.8 Å². The lowest BCUT2D eigenvalue weighted by Crippen LogP contribution is -2.15. The highest BCUT2D eigenvalue weighted by Crippen LogP contribution is 2.19. The SMILES string of the molecule is Cc1[nH]ncc1CCCNc1cc(N)ccc1C(N)=O. The van der Waals surface area contributed by atoms with E-state index in [0.717, 1.165) is 25.1 Å². The molecule has 0 saturated carbocycles. The monoisotopic (exact) mass is 273 g/mol. The summed E-state index contributed by atoms with van der Waals surface area (Å²) < 4.78 is 0. The van der Waals surface area contributed by atoms with Crippen molar-refractivity contribution in [3.63, 3.8) is 0 Å². The van der Waals surface area contributed by atoms with Crippen molar-refractivity contribution in [1.82, 2.24) is 10.2 Å². The highest BCUT2D eigenvalue weighted by Gasteiger charge is 2.08. The summed E-state index contributed by atoms with van der Waals surface area (Å²) in [5.41, 5.74) is 15.1. The number of benzene rings is 1. The zero-order valence-electron chi connectivity index (χ0n) is 11.4. The first-order valence-electron chi connectivity index (χ1n) is 6.50. The maximum absolute atomic E-state index is 11.3. The molecule has 6 nitrogen and oxygen atoms in total. The molecule has 0 saturated heterocycles. The number of aryl methyl sites for hydroxylation is 2. The van der Waals surface area contributed by atoms with Crippen LogP contribution in [-0.4, -0.2) is 22.6 Å². The largest absolute Gasteiger partial charge is 0.399 e. The minimum absolute atomic E-state index is 0.457. The Labute approximate surface area is 117 Å². The third kappa shape index (κ3) is 3.28. The molecule has 0 unspecified atom stereocenters. The van der Waals surface area contributed by atoms with Crippen molar-refractivity contribution in [3.8, 4) is 0 Å². The molecule has 1 aromatic carbocycles. The average Bonchev–Trinajstić information content (AvgIpc) is 2.80. The molecule has 0 atom stereocenters. The predicted molar refractivity (Wildman–Crippen MR) is 79.5 cm³/mol. The topological polar surface area (TPSA) is 110 Å². The quantitative estimate of drug-likeness (QED) is 0.471. The zero-order chi connectivity index (χ0) is 14.5. The number of hydrogen-bond acceptors (Lipinski definition) is 4. The van der Waals surface area contributed by atoms with Gasteiger partial charge in [-0.3, -0.25) is 9.89 Å². The maximum Gasteiger partial charge on any atom is 0.250 e. The van der Waals surface area contributed by atoms with Crippen LogP contribution < -0.4 is 16.8 Å². The Kier molecular flexibility index (Phi) is 4.24. The molecule has 0 aliphatic carbocycles. The van der Waals surface area contributed by atoms with Crippen LogP contribution in [0.4, 0.5) is 11.4 Å². The molecule has 0 aliphatic rings. The number of aromatic nitrogens is 2. The number of anilines is 2. The molecule has 106 valence electrons. The zero-order valence-corrected chi connectivity index (χ0v) is 11.4. The number of hydrogen-bond donors (Lipinski definition) is 4. The van der Waals surface area contributed by atoms with Crippen molar-refractivity contribution in [2.75, 3.05) is 17.6 Å². The standard InChI is InChI=1S/C14H19N5O/c1-9-10(8-18-19-9)3-2-6-17-13-7-11(15)4-5-12(13)14(16)20/h4-5,7-8,17H,2-3,6,15H2,1H3,(H2,16,20)(H,18,19). The number of carbonyl (C=O) groups is 1. The predicted octanol–water partition coefficient (Wildman–Crippen LogP) is 1.44. The van der Waals surface area contributed by atoms with E-state index in [1.807, 2.05) is 13.1 Å². The number of amides is 1. The number of rotatable bonds is 6. The molecule has 20 heavy (non-hydrogen) atoms. The van der Waals surface area contributed by atoms with Crippen LogP contribution in [0.5, 0.6) is 0 Å². The summed E-state index contributed by atoms with van der Waals surface area (Å²) in [6.45, 7) is 2.73. The Morgan fingerprint density at radius 2 is 2.25 bits per heavy atom. The van der Waals surface area contributed by atoms with Crippen LogP contribution in [0.3, 0.4) is 0 Å². The molecule has 0 bridgehead atoms. The summed E-state index contributed by atoms with van der Waals surface area (Å²) in [4.78, 5) is 11.3. The number of H-pyrrole nitrogens is 1. The van der Waals surface area contributed by atoms with E-state index >= 15 is 0 Å². The Hall–Kier alpha value is -2.50. The molecule has 0 fully saturated rings. The van der Waals surface area contributed by atoms with Crippen LogP contribution in [0.2, 0.25) is 0 Å². The first kappa shape index (κ1) is 13.9. The van der Waals surface area contributed by atoms with Gasteiger partial charge >= 0.3 is 0 Å². The van der Waals surface area contributed by atoms with Gasteiger partial charge in [-0.15, -0.1) is 0 Å². The summed E-state index contributed by atoms with van der Waals surface area (Å²) in [5, 5.41) is 10.1. The molecule has 2 rings (SSSR count). The van der Waals surface area contributed by atoms with Crippen LogP contribution in [-0.2, 0) is 6.42 Å². The van der Waals surface area contributed by atoms with Gasteiger partial charge in [0.25, 0.3) is 5.91 Å². The number of primary amides is 1. The van der Waals surface area contributed by atoms with Crippen molar-refractivity contribution in [2.24, 2.45) is 5.73 Å². The average molecular weight is 273 g/mol. The van der Waals surface area contributed by atoms with Gasteiger partial charge in [-0.25, -0.2) is 0 Å². The summed E-state index contributed by atoms with van der Waals surface area (Å²) in [6.07, 6.45) is 3.68. The van der Waals surface area contributed by atoms with E-state index in [0.29, 0.717) is 16.9 Å². The van der Waals surface area contributed by atoms with Crippen LogP contribution in [0, 0.1) is 6.92 Å². The fourth-order valence-electron chi connectivity index (χ4n) is 2.05. The number of nitrogens with zero attached hydrogens (tertiary/aromatic N) is 1. The van der Waals surface area contributed by atoms with Gasteiger partial charge in [0.1, 0.15) is 0 Å². The van der Waals surface area contributed by atoms with Crippen LogP contribution in [0.15, 0.2) is 24.4 Å². The summed E-state index contributed by atoms with van der Waals surface area (Å²) in [7, 11) is 0. The number of nitrogen functional groups attached to an aromatic ring is 1. The van der Waals surface area contributed by atoms with Crippen molar-refractivity contribution >= 4 is 17.3 Å². The van der Waals surface area contributed by atoms with Gasteiger partial charge in [0.15, 0.2) is 0 Å². The Balaban J connectivity index is 1.92. The van der Waals surface area contributed by atoms with Gasteiger partial charge in [-0.05, 0) is 43.5 Å². The molecule has 0 aliphatic heterocycles. The molecule has 0 spiro atoms. The van der Waals surface area contributed by atoms with Gasteiger partial charge in [-0.1, -0.05) is 0 Å². The van der Waals surface area contributed by atoms with E-state index in [1.165, 1.54) is 5.56 Å². The summed E-state index contributed by atoms with van der Waals surface area (Å²) in [5.74, 6) is -0.460.